The molecule has 0 saturated heterocycles. The number of nitro groups is 1. The van der Waals surface area contributed by atoms with Crippen molar-refractivity contribution in [1.29, 1.82) is 0 Å². The number of non-ortho nitro benzene ring substituents is 1. The molecule has 0 aliphatic rings. The lowest BCUT2D eigenvalue weighted by Crippen LogP contribution is -1.99. The van der Waals surface area contributed by atoms with Gasteiger partial charge in [-0.05, 0) is 40.1 Å². The third-order valence-electron chi connectivity index (χ3n) is 2.81. The standard InChI is InChI=1S/C14H11ClINO2/c15-13(10-4-2-1-3-5-10)8-11-6-7-12(17(18)19)9-14(11)16/h1-7,9,13H,8H2. The second-order valence-corrected chi connectivity index (χ2v) is 5.80. The predicted molar refractivity (Wildman–Crippen MR) is 84.6 cm³/mol. The summed E-state index contributed by atoms with van der Waals surface area (Å²) < 4.78 is 0.869. The third kappa shape index (κ3) is 3.67. The van der Waals surface area contributed by atoms with Gasteiger partial charge in [-0.15, -0.1) is 11.6 Å². The van der Waals surface area contributed by atoms with E-state index in [1.54, 1.807) is 12.1 Å². The van der Waals surface area contributed by atoms with Crippen LogP contribution in [-0.2, 0) is 6.42 Å². The zero-order valence-electron chi connectivity index (χ0n) is 9.92. The summed E-state index contributed by atoms with van der Waals surface area (Å²) in [5.74, 6) is 0. The van der Waals surface area contributed by atoms with E-state index >= 15 is 0 Å². The molecule has 0 amide bonds. The van der Waals surface area contributed by atoms with Crippen LogP contribution in [0.25, 0.3) is 0 Å². The molecule has 98 valence electrons. The number of hydrogen-bond donors (Lipinski definition) is 0. The maximum atomic E-state index is 10.7. The lowest BCUT2D eigenvalue weighted by atomic mass is 10.0. The molecule has 0 bridgehead atoms. The minimum absolute atomic E-state index is 0.110. The van der Waals surface area contributed by atoms with E-state index in [1.165, 1.54) is 6.07 Å². The SMILES string of the molecule is O=[N+]([O-])c1ccc(CC(Cl)c2ccccc2)c(I)c1. The molecule has 5 heteroatoms. The zero-order valence-corrected chi connectivity index (χ0v) is 12.8. The molecular weight excluding hydrogens is 377 g/mol. The van der Waals surface area contributed by atoms with Crippen LogP contribution in [0.3, 0.4) is 0 Å². The first-order valence-corrected chi connectivity index (χ1v) is 7.21. The highest BCUT2D eigenvalue weighted by molar-refractivity contribution is 14.1. The molecule has 0 heterocycles. The summed E-state index contributed by atoms with van der Waals surface area (Å²) in [4.78, 5) is 10.3. The minimum Gasteiger partial charge on any atom is -0.258 e. The molecule has 0 aliphatic heterocycles. The smallest absolute Gasteiger partial charge is 0.258 e. The van der Waals surface area contributed by atoms with Crippen molar-refractivity contribution < 1.29 is 4.92 Å². The van der Waals surface area contributed by atoms with Gasteiger partial charge in [-0.2, -0.15) is 0 Å². The van der Waals surface area contributed by atoms with Crippen molar-refractivity contribution in [1.82, 2.24) is 0 Å². The number of alkyl halides is 1. The predicted octanol–water partition coefficient (Wildman–Crippen LogP) is 4.72. The Balaban J connectivity index is 2.18. The van der Waals surface area contributed by atoms with Crippen LogP contribution in [0, 0.1) is 13.7 Å². The molecule has 2 aromatic carbocycles. The number of nitrogens with zero attached hydrogens (tertiary/aromatic N) is 1. The zero-order chi connectivity index (χ0) is 13.8. The highest BCUT2D eigenvalue weighted by Crippen LogP contribution is 2.28. The van der Waals surface area contributed by atoms with E-state index in [4.69, 9.17) is 11.6 Å². The molecule has 19 heavy (non-hydrogen) atoms. The first-order chi connectivity index (χ1) is 9.08. The minimum atomic E-state index is -0.388. The molecular formula is C14H11ClINO2. The van der Waals surface area contributed by atoms with Gasteiger partial charge in [-0.25, -0.2) is 0 Å². The van der Waals surface area contributed by atoms with Crippen LogP contribution in [0.2, 0.25) is 0 Å². The van der Waals surface area contributed by atoms with Crippen LogP contribution in [0.4, 0.5) is 5.69 Å². The van der Waals surface area contributed by atoms with Gasteiger partial charge >= 0.3 is 0 Å². The summed E-state index contributed by atoms with van der Waals surface area (Å²) in [6.07, 6.45) is 0.655. The summed E-state index contributed by atoms with van der Waals surface area (Å²) in [5, 5.41) is 10.6. The van der Waals surface area contributed by atoms with Gasteiger partial charge in [-0.1, -0.05) is 36.4 Å². The van der Waals surface area contributed by atoms with Crippen LogP contribution in [0.1, 0.15) is 16.5 Å². The van der Waals surface area contributed by atoms with E-state index in [2.05, 4.69) is 22.6 Å². The molecule has 0 aliphatic carbocycles. The van der Waals surface area contributed by atoms with E-state index in [0.29, 0.717) is 6.42 Å². The second kappa shape index (κ2) is 6.34. The quantitative estimate of drug-likeness (QED) is 0.330. The monoisotopic (exact) mass is 387 g/mol. The summed E-state index contributed by atoms with van der Waals surface area (Å²) in [7, 11) is 0. The van der Waals surface area contributed by atoms with Crippen molar-refractivity contribution in [3.05, 3.63) is 73.3 Å². The molecule has 2 rings (SSSR count). The van der Waals surface area contributed by atoms with Crippen molar-refractivity contribution >= 4 is 39.9 Å². The fourth-order valence-electron chi connectivity index (χ4n) is 1.79. The molecule has 3 nitrogen and oxygen atoms in total. The van der Waals surface area contributed by atoms with Gasteiger partial charge in [0.1, 0.15) is 0 Å². The van der Waals surface area contributed by atoms with Gasteiger partial charge in [0.2, 0.25) is 0 Å². The van der Waals surface area contributed by atoms with E-state index in [-0.39, 0.29) is 16.0 Å². The Morgan fingerprint density at radius 2 is 1.89 bits per heavy atom. The average molecular weight is 388 g/mol. The van der Waals surface area contributed by atoms with Gasteiger partial charge in [0.15, 0.2) is 0 Å². The van der Waals surface area contributed by atoms with Gasteiger partial charge in [0.05, 0.1) is 10.3 Å². The van der Waals surface area contributed by atoms with Crippen LogP contribution in [0.15, 0.2) is 48.5 Å². The van der Waals surface area contributed by atoms with E-state index in [1.807, 2.05) is 30.3 Å². The number of hydrogen-bond acceptors (Lipinski definition) is 2. The number of benzene rings is 2. The summed E-state index contributed by atoms with van der Waals surface area (Å²) >= 11 is 8.49. The van der Waals surface area contributed by atoms with Crippen molar-refractivity contribution in [2.45, 2.75) is 11.8 Å². The van der Waals surface area contributed by atoms with E-state index in [0.717, 1.165) is 14.7 Å². The first-order valence-electron chi connectivity index (χ1n) is 5.70. The second-order valence-electron chi connectivity index (χ2n) is 4.12. The Morgan fingerprint density at radius 3 is 2.47 bits per heavy atom. The van der Waals surface area contributed by atoms with Crippen LogP contribution in [0.5, 0.6) is 0 Å². The molecule has 0 N–H and O–H groups in total. The van der Waals surface area contributed by atoms with Gasteiger partial charge in [-0.3, -0.25) is 10.1 Å². The molecule has 1 unspecified atom stereocenters. The summed E-state index contributed by atoms with van der Waals surface area (Å²) in [6, 6.07) is 14.7. The van der Waals surface area contributed by atoms with E-state index in [9.17, 15) is 10.1 Å². The largest absolute Gasteiger partial charge is 0.270 e. The van der Waals surface area contributed by atoms with Gasteiger partial charge in [0.25, 0.3) is 5.69 Å². The Labute approximate surface area is 129 Å². The Hall–Kier alpha value is -1.14. The first kappa shape index (κ1) is 14.3. The Bertz CT molecular complexity index is 589. The average Bonchev–Trinajstić information content (AvgIpc) is 2.41. The van der Waals surface area contributed by atoms with Crippen LogP contribution in [-0.4, -0.2) is 4.92 Å². The molecule has 0 aromatic heterocycles. The lowest BCUT2D eigenvalue weighted by Gasteiger charge is -2.11. The fraction of sp³-hybridized carbons (Fsp3) is 0.143. The van der Waals surface area contributed by atoms with Gasteiger partial charge in [0, 0.05) is 15.7 Å². The number of nitro benzene ring substituents is 1. The maximum absolute atomic E-state index is 10.7. The molecule has 0 saturated carbocycles. The molecule has 2 aromatic rings. The highest BCUT2D eigenvalue weighted by Gasteiger charge is 2.13. The fourth-order valence-corrected chi connectivity index (χ4v) is 2.82. The molecule has 0 fully saturated rings. The third-order valence-corrected chi connectivity index (χ3v) is 4.22. The Kier molecular flexibility index (Phi) is 4.76. The topological polar surface area (TPSA) is 43.1 Å². The van der Waals surface area contributed by atoms with Gasteiger partial charge < -0.3 is 0 Å². The molecule has 1 atom stereocenters. The molecule has 0 spiro atoms. The van der Waals surface area contributed by atoms with Crippen molar-refractivity contribution in [2.24, 2.45) is 0 Å². The van der Waals surface area contributed by atoms with Crippen molar-refractivity contribution in [3.8, 4) is 0 Å². The highest BCUT2D eigenvalue weighted by atomic mass is 127. The maximum Gasteiger partial charge on any atom is 0.270 e. The van der Waals surface area contributed by atoms with Crippen molar-refractivity contribution in [3.63, 3.8) is 0 Å². The molecule has 0 radical (unpaired) electrons. The van der Waals surface area contributed by atoms with E-state index < -0.39 is 0 Å². The lowest BCUT2D eigenvalue weighted by molar-refractivity contribution is -0.385. The summed E-state index contributed by atoms with van der Waals surface area (Å²) in [5.41, 5.74) is 2.19. The van der Waals surface area contributed by atoms with Crippen LogP contribution >= 0.6 is 34.2 Å². The normalized spacial score (nSPS) is 12.1. The van der Waals surface area contributed by atoms with Crippen molar-refractivity contribution in [2.75, 3.05) is 0 Å². The van der Waals surface area contributed by atoms with Crippen LogP contribution < -0.4 is 0 Å². The number of rotatable bonds is 4. The summed E-state index contributed by atoms with van der Waals surface area (Å²) in [6.45, 7) is 0. The Morgan fingerprint density at radius 1 is 1.21 bits per heavy atom. The number of halogens is 2.